The maximum Gasteiger partial charge on any atom is 0.416 e. The molecular weight excluding hydrogens is 572 g/mol. The number of alkyl halides is 3. The number of amides is 4. The average molecular weight is 597 g/mol. The highest BCUT2D eigenvalue weighted by molar-refractivity contribution is 6.42. The van der Waals surface area contributed by atoms with E-state index in [9.17, 15) is 27.6 Å². The molecule has 0 atom stereocenters. The summed E-state index contributed by atoms with van der Waals surface area (Å²) < 4.78 is 44.8. The first-order valence-electron chi connectivity index (χ1n) is 12.0. The summed E-state index contributed by atoms with van der Waals surface area (Å²) in [6, 6.07) is 13.6. The number of ether oxygens (including phenoxy) is 1. The Morgan fingerprint density at radius 3 is 2.25 bits per heavy atom. The molecule has 0 aromatic heterocycles. The molecule has 0 spiro atoms. The number of hydrogen-bond acceptors (Lipinski definition) is 4. The van der Waals surface area contributed by atoms with Crippen LogP contribution in [-0.2, 0) is 10.9 Å². The Kier molecular flexibility index (Phi) is 10.6. The van der Waals surface area contributed by atoms with E-state index >= 15 is 0 Å². The highest BCUT2D eigenvalue weighted by Crippen LogP contribution is 2.32. The van der Waals surface area contributed by atoms with E-state index in [4.69, 9.17) is 27.9 Å². The number of urea groups is 2. The quantitative estimate of drug-likeness (QED) is 0.176. The van der Waals surface area contributed by atoms with Crippen LogP contribution >= 0.6 is 23.2 Å². The Morgan fingerprint density at radius 2 is 1.60 bits per heavy atom. The number of hydrogen-bond donors (Lipinski definition) is 3. The van der Waals surface area contributed by atoms with Gasteiger partial charge in [0.1, 0.15) is 0 Å². The molecule has 13 heteroatoms. The van der Waals surface area contributed by atoms with E-state index < -0.39 is 29.8 Å². The van der Waals surface area contributed by atoms with Crippen LogP contribution in [0.1, 0.15) is 29.3 Å². The zero-order chi connectivity index (χ0) is 29.3. The van der Waals surface area contributed by atoms with Gasteiger partial charge in [-0.15, -0.1) is 0 Å². The van der Waals surface area contributed by atoms with Gasteiger partial charge in [-0.3, -0.25) is 4.90 Å². The fourth-order valence-electron chi connectivity index (χ4n) is 3.48. The van der Waals surface area contributed by atoms with E-state index in [0.717, 1.165) is 17.0 Å². The van der Waals surface area contributed by atoms with Crippen molar-refractivity contribution < 1.29 is 32.3 Å². The number of rotatable bonds is 9. The maximum absolute atomic E-state index is 13.3. The largest absolute Gasteiger partial charge is 0.462 e. The molecule has 0 radical (unpaired) electrons. The van der Waals surface area contributed by atoms with Crippen LogP contribution in [0.15, 0.2) is 66.7 Å². The van der Waals surface area contributed by atoms with Crippen molar-refractivity contribution in [3.8, 4) is 0 Å². The van der Waals surface area contributed by atoms with Crippen molar-refractivity contribution in [3.63, 3.8) is 0 Å². The van der Waals surface area contributed by atoms with Crippen LogP contribution in [0.3, 0.4) is 0 Å². The van der Waals surface area contributed by atoms with Gasteiger partial charge in [-0.1, -0.05) is 29.3 Å². The van der Waals surface area contributed by atoms with Crippen molar-refractivity contribution in [2.45, 2.75) is 19.5 Å². The van der Waals surface area contributed by atoms with E-state index in [1.54, 1.807) is 6.92 Å². The number of nitrogens with one attached hydrogen (secondary N) is 3. The van der Waals surface area contributed by atoms with Gasteiger partial charge in [-0.05, 0) is 74.0 Å². The summed E-state index contributed by atoms with van der Waals surface area (Å²) in [6.07, 6.45) is -4.39. The number of esters is 1. The second-order valence-corrected chi connectivity index (χ2v) is 9.11. The molecule has 0 unspecified atom stereocenters. The number of halogens is 5. The number of benzene rings is 3. The molecule has 3 rings (SSSR count). The highest BCUT2D eigenvalue weighted by Gasteiger charge is 2.31. The normalized spacial score (nSPS) is 10.9. The van der Waals surface area contributed by atoms with Crippen LogP contribution < -0.4 is 20.9 Å². The smallest absolute Gasteiger partial charge is 0.416 e. The molecule has 212 valence electrons. The minimum atomic E-state index is -4.60. The standard InChI is InChI=1S/C27H25Cl2F3N4O4/c1-2-40-24(37)17-7-9-19(10-8-17)34-25(38)33-13-4-14-36(21-6-3-5-18(15-21)27(30,31)32)26(39)35-20-11-12-22(28)23(29)16-20/h3,5-12,15-16H,2,4,13-14H2,1H3,(H,35,39)(H2,33,34,38). The number of carbonyl (C=O) groups excluding carboxylic acids is 3. The molecule has 0 aliphatic carbocycles. The van der Waals surface area contributed by atoms with Gasteiger partial charge in [0.2, 0.25) is 0 Å². The van der Waals surface area contributed by atoms with Gasteiger partial charge in [0.25, 0.3) is 0 Å². The minimum Gasteiger partial charge on any atom is -0.462 e. The Balaban J connectivity index is 1.63. The third kappa shape index (κ3) is 8.78. The zero-order valence-electron chi connectivity index (χ0n) is 21.1. The van der Waals surface area contributed by atoms with E-state index in [2.05, 4.69) is 16.0 Å². The van der Waals surface area contributed by atoms with Gasteiger partial charge in [-0.2, -0.15) is 13.2 Å². The van der Waals surface area contributed by atoms with Gasteiger partial charge in [0, 0.05) is 30.2 Å². The van der Waals surface area contributed by atoms with Crippen LogP contribution in [0.2, 0.25) is 10.0 Å². The van der Waals surface area contributed by atoms with Crippen molar-refractivity contribution in [2.75, 3.05) is 35.2 Å². The fraction of sp³-hybridized carbons (Fsp3) is 0.222. The molecule has 3 aromatic rings. The monoisotopic (exact) mass is 596 g/mol. The molecule has 0 fully saturated rings. The summed E-state index contributed by atoms with van der Waals surface area (Å²) in [5.41, 5.74) is 0.156. The first-order chi connectivity index (χ1) is 19.0. The Labute approximate surface area is 238 Å². The number of anilines is 3. The minimum absolute atomic E-state index is 0.0125. The summed E-state index contributed by atoms with van der Waals surface area (Å²) in [5, 5.41) is 8.29. The summed E-state index contributed by atoms with van der Waals surface area (Å²) in [5.74, 6) is -0.480. The Bertz CT molecular complexity index is 1350. The van der Waals surface area contributed by atoms with Crippen molar-refractivity contribution >= 4 is 58.3 Å². The number of carbonyl (C=O) groups is 3. The molecule has 0 saturated heterocycles. The van der Waals surface area contributed by atoms with E-state index in [0.29, 0.717) is 16.9 Å². The molecule has 3 N–H and O–H groups in total. The molecule has 8 nitrogen and oxygen atoms in total. The fourth-order valence-corrected chi connectivity index (χ4v) is 3.78. The number of nitrogens with zero attached hydrogens (tertiary/aromatic N) is 1. The maximum atomic E-state index is 13.3. The lowest BCUT2D eigenvalue weighted by Gasteiger charge is -2.24. The lowest BCUT2D eigenvalue weighted by atomic mass is 10.1. The summed E-state index contributed by atoms with van der Waals surface area (Å²) in [6.45, 7) is 2.01. The predicted octanol–water partition coefficient (Wildman–Crippen LogP) is 7.44. The Morgan fingerprint density at radius 1 is 0.900 bits per heavy atom. The summed E-state index contributed by atoms with van der Waals surface area (Å²) in [4.78, 5) is 38.2. The highest BCUT2D eigenvalue weighted by atomic mass is 35.5. The van der Waals surface area contributed by atoms with Crippen molar-refractivity contribution in [2.24, 2.45) is 0 Å². The summed E-state index contributed by atoms with van der Waals surface area (Å²) >= 11 is 11.9. The van der Waals surface area contributed by atoms with Crippen molar-refractivity contribution in [1.29, 1.82) is 0 Å². The molecule has 40 heavy (non-hydrogen) atoms. The Hall–Kier alpha value is -3.96. The average Bonchev–Trinajstić information content (AvgIpc) is 2.91. The lowest BCUT2D eigenvalue weighted by Crippen LogP contribution is -2.38. The first-order valence-corrected chi connectivity index (χ1v) is 12.8. The molecule has 0 heterocycles. The van der Waals surface area contributed by atoms with Crippen molar-refractivity contribution in [3.05, 3.63) is 87.9 Å². The lowest BCUT2D eigenvalue weighted by molar-refractivity contribution is -0.137. The van der Waals surface area contributed by atoms with E-state index in [-0.39, 0.29) is 41.8 Å². The third-order valence-corrected chi connectivity index (χ3v) is 6.14. The molecule has 4 amide bonds. The second kappa shape index (κ2) is 13.9. The van der Waals surface area contributed by atoms with Gasteiger partial charge >= 0.3 is 24.2 Å². The van der Waals surface area contributed by atoms with Gasteiger partial charge in [-0.25, -0.2) is 14.4 Å². The zero-order valence-corrected chi connectivity index (χ0v) is 22.7. The predicted molar refractivity (Wildman–Crippen MR) is 148 cm³/mol. The van der Waals surface area contributed by atoms with Crippen LogP contribution in [0.4, 0.5) is 39.8 Å². The van der Waals surface area contributed by atoms with Gasteiger partial charge in [0.05, 0.1) is 27.8 Å². The van der Waals surface area contributed by atoms with Crippen LogP contribution in [-0.4, -0.2) is 37.7 Å². The molecule has 0 bridgehead atoms. The van der Waals surface area contributed by atoms with Crippen LogP contribution in [0.25, 0.3) is 0 Å². The molecular formula is C27H25Cl2F3N4O4. The van der Waals surface area contributed by atoms with Gasteiger partial charge < -0.3 is 20.7 Å². The van der Waals surface area contributed by atoms with Crippen molar-refractivity contribution in [1.82, 2.24) is 5.32 Å². The molecule has 0 aliphatic rings. The van der Waals surface area contributed by atoms with Crippen LogP contribution in [0, 0.1) is 0 Å². The van der Waals surface area contributed by atoms with Gasteiger partial charge in [0.15, 0.2) is 0 Å². The SMILES string of the molecule is CCOC(=O)c1ccc(NC(=O)NCCCN(C(=O)Nc2ccc(Cl)c(Cl)c2)c2cccc(C(F)(F)F)c2)cc1. The van der Waals surface area contributed by atoms with E-state index in [1.165, 1.54) is 54.6 Å². The first kappa shape index (κ1) is 30.6. The molecule has 0 saturated carbocycles. The summed E-state index contributed by atoms with van der Waals surface area (Å²) in [7, 11) is 0. The topological polar surface area (TPSA) is 99.8 Å². The second-order valence-electron chi connectivity index (χ2n) is 8.29. The molecule has 0 aliphatic heterocycles. The molecule has 3 aromatic carbocycles. The van der Waals surface area contributed by atoms with E-state index in [1.807, 2.05) is 0 Å². The van der Waals surface area contributed by atoms with Crippen LogP contribution in [0.5, 0.6) is 0 Å². The third-order valence-electron chi connectivity index (χ3n) is 5.40.